The number of aryl methyl sites for hydroxylation is 1. The number of rotatable bonds is 6. The molecule has 102 valence electrons. The van der Waals surface area contributed by atoms with Crippen molar-refractivity contribution in [2.24, 2.45) is 0 Å². The Hall–Kier alpha value is -0.550. The van der Waals surface area contributed by atoms with Gasteiger partial charge in [0.2, 0.25) is 0 Å². The van der Waals surface area contributed by atoms with E-state index in [1.807, 2.05) is 24.3 Å². The van der Waals surface area contributed by atoms with Gasteiger partial charge in [-0.2, -0.15) is 13.2 Å². The van der Waals surface area contributed by atoms with Crippen LogP contribution in [0.15, 0.2) is 24.3 Å². The van der Waals surface area contributed by atoms with Crippen molar-refractivity contribution in [3.63, 3.8) is 0 Å². The van der Waals surface area contributed by atoms with Crippen molar-refractivity contribution >= 4 is 15.9 Å². The largest absolute Gasteiger partial charge is 0.411 e. The van der Waals surface area contributed by atoms with Gasteiger partial charge in [0.1, 0.15) is 6.61 Å². The molecule has 0 spiro atoms. The highest BCUT2D eigenvalue weighted by Gasteiger charge is 2.27. The molecule has 0 saturated heterocycles. The minimum atomic E-state index is -4.27. The molecule has 1 rings (SSSR count). The van der Waals surface area contributed by atoms with Crippen molar-refractivity contribution in [3.05, 3.63) is 35.4 Å². The van der Waals surface area contributed by atoms with E-state index in [0.717, 1.165) is 18.4 Å². The standard InChI is InChI=1S/C13H16BrF3O/c1-2-3-10-4-6-11(7-5-10)12(14)8-18-9-13(15,16)17/h4-7,12H,2-3,8-9H2,1H3. The van der Waals surface area contributed by atoms with Crippen LogP contribution >= 0.6 is 15.9 Å². The molecule has 0 aliphatic carbocycles. The number of hydrogen-bond acceptors (Lipinski definition) is 1. The molecule has 0 amide bonds. The van der Waals surface area contributed by atoms with Gasteiger partial charge in [-0.1, -0.05) is 53.5 Å². The molecular formula is C13H16BrF3O. The van der Waals surface area contributed by atoms with E-state index in [-0.39, 0.29) is 11.4 Å². The van der Waals surface area contributed by atoms with Crippen molar-refractivity contribution in [1.29, 1.82) is 0 Å². The van der Waals surface area contributed by atoms with Crippen LogP contribution in [0.1, 0.15) is 29.3 Å². The molecule has 18 heavy (non-hydrogen) atoms. The zero-order chi connectivity index (χ0) is 13.6. The molecule has 0 heterocycles. The summed E-state index contributed by atoms with van der Waals surface area (Å²) in [6, 6.07) is 7.83. The Balaban J connectivity index is 2.43. The molecule has 1 unspecified atom stereocenters. The third kappa shape index (κ3) is 5.87. The Labute approximate surface area is 113 Å². The number of benzene rings is 1. The predicted molar refractivity (Wildman–Crippen MR) is 69.0 cm³/mol. The number of ether oxygens (including phenoxy) is 1. The molecule has 5 heteroatoms. The Bertz CT molecular complexity index is 348. The van der Waals surface area contributed by atoms with E-state index < -0.39 is 12.8 Å². The van der Waals surface area contributed by atoms with Crippen molar-refractivity contribution in [1.82, 2.24) is 0 Å². The lowest BCUT2D eigenvalue weighted by Gasteiger charge is -2.13. The molecule has 0 aromatic heterocycles. The summed E-state index contributed by atoms with van der Waals surface area (Å²) in [5.41, 5.74) is 2.16. The van der Waals surface area contributed by atoms with Crippen LogP contribution in [0.3, 0.4) is 0 Å². The van der Waals surface area contributed by atoms with Crippen LogP contribution < -0.4 is 0 Å². The summed E-state index contributed by atoms with van der Waals surface area (Å²) in [7, 11) is 0. The number of hydrogen-bond donors (Lipinski definition) is 0. The van der Waals surface area contributed by atoms with E-state index >= 15 is 0 Å². The van der Waals surface area contributed by atoms with Crippen molar-refractivity contribution in [3.8, 4) is 0 Å². The summed E-state index contributed by atoms with van der Waals surface area (Å²) in [4.78, 5) is -0.212. The van der Waals surface area contributed by atoms with Crippen molar-refractivity contribution in [2.75, 3.05) is 13.2 Å². The fourth-order valence-electron chi connectivity index (χ4n) is 1.56. The maximum atomic E-state index is 11.9. The van der Waals surface area contributed by atoms with E-state index in [1.165, 1.54) is 5.56 Å². The van der Waals surface area contributed by atoms with Crippen LogP contribution in [0.4, 0.5) is 13.2 Å². The van der Waals surface area contributed by atoms with Crippen LogP contribution in [0.5, 0.6) is 0 Å². The molecule has 1 atom stereocenters. The normalized spacial score (nSPS) is 13.6. The van der Waals surface area contributed by atoms with E-state index in [4.69, 9.17) is 0 Å². The van der Waals surface area contributed by atoms with Gasteiger partial charge in [-0.05, 0) is 17.5 Å². The molecular weight excluding hydrogens is 309 g/mol. The highest BCUT2D eigenvalue weighted by atomic mass is 79.9. The van der Waals surface area contributed by atoms with Gasteiger partial charge in [-0.3, -0.25) is 0 Å². The SMILES string of the molecule is CCCc1ccc(C(Br)COCC(F)(F)F)cc1. The summed E-state index contributed by atoms with van der Waals surface area (Å²) in [6.45, 7) is 0.905. The fourth-order valence-corrected chi connectivity index (χ4v) is 2.05. The highest BCUT2D eigenvalue weighted by Crippen LogP contribution is 2.24. The fraction of sp³-hybridized carbons (Fsp3) is 0.538. The van der Waals surface area contributed by atoms with Crippen LogP contribution in [0.2, 0.25) is 0 Å². The van der Waals surface area contributed by atoms with Gasteiger partial charge in [0.15, 0.2) is 0 Å². The summed E-state index contributed by atoms with van der Waals surface area (Å²) in [5, 5.41) is 0. The maximum absolute atomic E-state index is 11.9. The highest BCUT2D eigenvalue weighted by molar-refractivity contribution is 9.09. The summed E-state index contributed by atoms with van der Waals surface area (Å²) >= 11 is 3.32. The monoisotopic (exact) mass is 324 g/mol. The van der Waals surface area contributed by atoms with E-state index in [1.54, 1.807) is 0 Å². The van der Waals surface area contributed by atoms with Gasteiger partial charge >= 0.3 is 6.18 Å². The third-order valence-corrected chi connectivity index (χ3v) is 3.20. The van der Waals surface area contributed by atoms with Crippen molar-refractivity contribution < 1.29 is 17.9 Å². The quantitative estimate of drug-likeness (QED) is 0.692. The molecule has 1 aromatic carbocycles. The molecule has 0 aliphatic heterocycles. The first kappa shape index (κ1) is 15.5. The lowest BCUT2D eigenvalue weighted by atomic mass is 10.1. The maximum Gasteiger partial charge on any atom is 0.411 e. The van der Waals surface area contributed by atoms with Crippen LogP contribution in [-0.2, 0) is 11.2 Å². The lowest BCUT2D eigenvalue weighted by molar-refractivity contribution is -0.173. The van der Waals surface area contributed by atoms with Gasteiger partial charge in [0.05, 0.1) is 11.4 Å². The summed E-state index contributed by atoms with van der Waals surface area (Å²) in [5.74, 6) is 0. The Kier molecular flexibility index (Phi) is 6.15. The molecule has 0 fully saturated rings. The Morgan fingerprint density at radius 1 is 1.22 bits per heavy atom. The molecule has 0 radical (unpaired) electrons. The van der Waals surface area contributed by atoms with Crippen LogP contribution in [-0.4, -0.2) is 19.4 Å². The van der Waals surface area contributed by atoms with Crippen LogP contribution in [0.25, 0.3) is 0 Å². The first-order valence-corrected chi connectivity index (χ1v) is 6.71. The van der Waals surface area contributed by atoms with Gasteiger partial charge in [-0.25, -0.2) is 0 Å². The summed E-state index contributed by atoms with van der Waals surface area (Å²) < 4.78 is 40.3. The first-order chi connectivity index (χ1) is 8.42. The minimum Gasteiger partial charge on any atom is -0.371 e. The van der Waals surface area contributed by atoms with E-state index in [0.29, 0.717) is 0 Å². The molecule has 0 aliphatic rings. The van der Waals surface area contributed by atoms with E-state index in [2.05, 4.69) is 27.6 Å². The average Bonchev–Trinajstić information content (AvgIpc) is 2.28. The predicted octanol–water partition coefficient (Wildman–Crippen LogP) is 4.65. The molecule has 1 aromatic rings. The molecule has 0 bridgehead atoms. The molecule has 0 saturated carbocycles. The second kappa shape index (κ2) is 7.14. The van der Waals surface area contributed by atoms with E-state index in [9.17, 15) is 13.2 Å². The third-order valence-electron chi connectivity index (χ3n) is 2.41. The zero-order valence-corrected chi connectivity index (χ0v) is 11.7. The van der Waals surface area contributed by atoms with Gasteiger partial charge < -0.3 is 4.74 Å². The molecule has 1 nitrogen and oxygen atoms in total. The molecule has 0 N–H and O–H groups in total. The smallest absolute Gasteiger partial charge is 0.371 e. The van der Waals surface area contributed by atoms with Crippen LogP contribution in [0, 0.1) is 0 Å². The average molecular weight is 325 g/mol. The van der Waals surface area contributed by atoms with Crippen molar-refractivity contribution in [2.45, 2.75) is 30.8 Å². The number of alkyl halides is 4. The first-order valence-electron chi connectivity index (χ1n) is 5.80. The summed E-state index contributed by atoms with van der Waals surface area (Å²) in [6.07, 6.45) is -2.18. The Morgan fingerprint density at radius 3 is 2.33 bits per heavy atom. The topological polar surface area (TPSA) is 9.23 Å². The van der Waals surface area contributed by atoms with Gasteiger partial charge in [0.25, 0.3) is 0 Å². The Morgan fingerprint density at radius 2 is 1.83 bits per heavy atom. The lowest BCUT2D eigenvalue weighted by Crippen LogP contribution is -2.18. The number of halogens is 4. The second-order valence-corrected chi connectivity index (χ2v) is 5.19. The second-order valence-electron chi connectivity index (χ2n) is 4.09. The zero-order valence-electron chi connectivity index (χ0n) is 10.1. The van der Waals surface area contributed by atoms with Gasteiger partial charge in [0, 0.05) is 0 Å². The van der Waals surface area contributed by atoms with Gasteiger partial charge in [-0.15, -0.1) is 0 Å². The minimum absolute atomic E-state index is 0.00658.